The Morgan fingerprint density at radius 1 is 1.36 bits per heavy atom. The van der Waals surface area contributed by atoms with Crippen molar-refractivity contribution >= 4 is 5.71 Å². The number of hydrogen-bond donors (Lipinski definition) is 0. The van der Waals surface area contributed by atoms with Gasteiger partial charge in [0, 0.05) is 18.0 Å². The van der Waals surface area contributed by atoms with Crippen LogP contribution in [0.4, 0.5) is 0 Å². The predicted octanol–water partition coefficient (Wildman–Crippen LogP) is 2.19. The fourth-order valence-electron chi connectivity index (χ4n) is 0.999. The van der Waals surface area contributed by atoms with E-state index in [2.05, 4.69) is 16.0 Å². The molecule has 1 aromatic heterocycles. The molecule has 0 radical (unpaired) electrons. The molecule has 1 heterocycles. The summed E-state index contributed by atoms with van der Waals surface area (Å²) >= 11 is 0. The summed E-state index contributed by atoms with van der Waals surface area (Å²) in [7, 11) is 0. The quantitative estimate of drug-likeness (QED) is 0.633. The van der Waals surface area contributed by atoms with Crippen molar-refractivity contribution in [2.24, 2.45) is 4.99 Å². The van der Waals surface area contributed by atoms with Crippen molar-refractivity contribution < 1.29 is 0 Å². The normalized spacial score (nSPS) is 12.3. The van der Waals surface area contributed by atoms with Crippen LogP contribution in [0.25, 0.3) is 0 Å². The molecular formula is C11H13N3. The Morgan fingerprint density at radius 2 is 1.93 bits per heavy atom. The Labute approximate surface area is 84.1 Å². The first kappa shape index (κ1) is 10.4. The van der Waals surface area contributed by atoms with Crippen molar-refractivity contribution in [2.75, 3.05) is 0 Å². The number of nitriles is 1. The molecule has 0 aliphatic carbocycles. The second-order valence-corrected chi connectivity index (χ2v) is 3.98. The number of rotatable bonds is 1. The second-order valence-electron chi connectivity index (χ2n) is 3.98. The first-order chi connectivity index (χ1) is 6.53. The van der Waals surface area contributed by atoms with E-state index in [0.717, 1.165) is 5.56 Å². The summed E-state index contributed by atoms with van der Waals surface area (Å²) in [5, 5.41) is 8.94. The average Bonchev–Trinajstić information content (AvgIpc) is 2.14. The summed E-state index contributed by atoms with van der Waals surface area (Å²) in [4.78, 5) is 8.22. The van der Waals surface area contributed by atoms with E-state index in [1.165, 1.54) is 0 Å². The molecule has 0 bridgehead atoms. The molecule has 0 fully saturated rings. The maximum Gasteiger partial charge on any atom is 0.143 e. The highest BCUT2D eigenvalue weighted by atomic mass is 14.8. The summed E-state index contributed by atoms with van der Waals surface area (Å²) in [5.41, 5.74) is 1.05. The van der Waals surface area contributed by atoms with Crippen LogP contribution in [0.15, 0.2) is 29.5 Å². The van der Waals surface area contributed by atoms with E-state index in [1.54, 1.807) is 24.5 Å². The highest BCUT2D eigenvalue weighted by molar-refractivity contribution is 6.11. The molecule has 0 spiro atoms. The van der Waals surface area contributed by atoms with Crippen molar-refractivity contribution in [3.8, 4) is 6.07 Å². The zero-order valence-corrected chi connectivity index (χ0v) is 8.65. The van der Waals surface area contributed by atoms with Crippen LogP contribution in [-0.2, 0) is 0 Å². The lowest BCUT2D eigenvalue weighted by Crippen LogP contribution is -2.14. The van der Waals surface area contributed by atoms with Crippen LogP contribution in [0.5, 0.6) is 0 Å². The van der Waals surface area contributed by atoms with E-state index < -0.39 is 0 Å². The van der Waals surface area contributed by atoms with Gasteiger partial charge in [0.1, 0.15) is 11.8 Å². The van der Waals surface area contributed by atoms with Gasteiger partial charge in [-0.15, -0.1) is 0 Å². The molecule has 0 aliphatic rings. The minimum absolute atomic E-state index is 0.228. The van der Waals surface area contributed by atoms with Gasteiger partial charge in [0.05, 0.1) is 5.54 Å². The second kappa shape index (κ2) is 4.01. The summed E-state index contributed by atoms with van der Waals surface area (Å²) in [6, 6.07) is 5.67. The third kappa shape index (κ3) is 2.98. The van der Waals surface area contributed by atoms with E-state index in [-0.39, 0.29) is 5.54 Å². The van der Waals surface area contributed by atoms with Gasteiger partial charge in [0.25, 0.3) is 0 Å². The molecule has 0 unspecified atom stereocenters. The molecule has 1 rings (SSSR count). The van der Waals surface area contributed by atoms with Crippen molar-refractivity contribution in [1.82, 2.24) is 4.98 Å². The topological polar surface area (TPSA) is 49.0 Å². The number of pyridine rings is 1. The van der Waals surface area contributed by atoms with E-state index in [1.807, 2.05) is 20.8 Å². The van der Waals surface area contributed by atoms with Crippen LogP contribution in [0, 0.1) is 11.3 Å². The molecule has 14 heavy (non-hydrogen) atoms. The summed E-state index contributed by atoms with van der Waals surface area (Å²) in [6.45, 7) is 5.89. The van der Waals surface area contributed by atoms with E-state index in [0.29, 0.717) is 5.71 Å². The fraction of sp³-hybridized carbons (Fsp3) is 0.364. The van der Waals surface area contributed by atoms with E-state index in [9.17, 15) is 0 Å². The van der Waals surface area contributed by atoms with Crippen LogP contribution >= 0.6 is 0 Å². The Kier molecular flexibility index (Phi) is 2.98. The van der Waals surface area contributed by atoms with Crippen LogP contribution in [0.2, 0.25) is 0 Å². The van der Waals surface area contributed by atoms with Crippen LogP contribution in [-0.4, -0.2) is 16.2 Å². The Balaban J connectivity index is 3.08. The maximum absolute atomic E-state index is 8.94. The summed E-state index contributed by atoms with van der Waals surface area (Å²) in [5.74, 6) is 0. The zero-order chi connectivity index (χ0) is 10.6. The molecule has 0 saturated carbocycles. The van der Waals surface area contributed by atoms with Gasteiger partial charge in [-0.25, -0.2) is 0 Å². The molecule has 0 saturated heterocycles. The van der Waals surface area contributed by atoms with Gasteiger partial charge in [-0.2, -0.15) is 5.26 Å². The van der Waals surface area contributed by atoms with Crippen molar-refractivity contribution in [3.05, 3.63) is 30.1 Å². The lowest BCUT2D eigenvalue weighted by atomic mass is 10.1. The smallest absolute Gasteiger partial charge is 0.143 e. The lowest BCUT2D eigenvalue weighted by molar-refractivity contribution is 0.585. The molecule has 0 aromatic carbocycles. The van der Waals surface area contributed by atoms with Gasteiger partial charge in [-0.05, 0) is 32.9 Å². The van der Waals surface area contributed by atoms with Gasteiger partial charge < -0.3 is 0 Å². The monoisotopic (exact) mass is 187 g/mol. The maximum atomic E-state index is 8.94. The Morgan fingerprint density at radius 3 is 2.36 bits per heavy atom. The van der Waals surface area contributed by atoms with Gasteiger partial charge >= 0.3 is 0 Å². The minimum atomic E-state index is -0.228. The third-order valence-electron chi connectivity index (χ3n) is 1.51. The van der Waals surface area contributed by atoms with Crippen LogP contribution in [0.3, 0.4) is 0 Å². The molecule has 3 nitrogen and oxygen atoms in total. The molecule has 0 N–H and O–H groups in total. The largest absolute Gasteiger partial charge is 0.268 e. The third-order valence-corrected chi connectivity index (χ3v) is 1.51. The minimum Gasteiger partial charge on any atom is -0.268 e. The Bertz CT molecular complexity index is 366. The number of hydrogen-bond acceptors (Lipinski definition) is 3. The Hall–Kier alpha value is -1.69. The predicted molar refractivity (Wildman–Crippen MR) is 56.1 cm³/mol. The molecule has 0 amide bonds. The average molecular weight is 187 g/mol. The van der Waals surface area contributed by atoms with Gasteiger partial charge in [-0.1, -0.05) is 0 Å². The molecule has 72 valence electrons. The highest BCUT2D eigenvalue weighted by Crippen LogP contribution is 2.10. The molecule has 0 atom stereocenters. The number of aliphatic imine (C=N–C) groups is 1. The first-order valence-corrected chi connectivity index (χ1v) is 4.43. The van der Waals surface area contributed by atoms with Crippen molar-refractivity contribution in [2.45, 2.75) is 26.3 Å². The molecular weight excluding hydrogens is 174 g/mol. The summed E-state index contributed by atoms with van der Waals surface area (Å²) < 4.78 is 0. The van der Waals surface area contributed by atoms with Crippen molar-refractivity contribution in [3.63, 3.8) is 0 Å². The van der Waals surface area contributed by atoms with E-state index >= 15 is 0 Å². The van der Waals surface area contributed by atoms with Crippen molar-refractivity contribution in [1.29, 1.82) is 5.26 Å². The molecule has 1 aromatic rings. The van der Waals surface area contributed by atoms with Gasteiger partial charge in [0.15, 0.2) is 0 Å². The standard InChI is InChI=1S/C11H13N3/c1-11(2,3)14-10(8-12)9-4-6-13-7-5-9/h4-7H,1-3H3. The fourth-order valence-corrected chi connectivity index (χ4v) is 0.999. The van der Waals surface area contributed by atoms with Crippen LogP contribution in [0.1, 0.15) is 26.3 Å². The molecule has 0 aliphatic heterocycles. The number of nitrogens with zero attached hydrogens (tertiary/aromatic N) is 3. The molecule has 3 heteroatoms. The number of aromatic nitrogens is 1. The lowest BCUT2D eigenvalue weighted by Gasteiger charge is -2.12. The SMILES string of the molecule is CC(C)(C)N=C(C#N)c1ccncc1. The first-order valence-electron chi connectivity index (χ1n) is 4.43. The highest BCUT2D eigenvalue weighted by Gasteiger charge is 2.10. The van der Waals surface area contributed by atoms with E-state index in [4.69, 9.17) is 5.26 Å². The summed E-state index contributed by atoms with van der Waals surface area (Å²) in [6.07, 6.45) is 3.32. The van der Waals surface area contributed by atoms with Gasteiger partial charge in [0.2, 0.25) is 0 Å². The van der Waals surface area contributed by atoms with Gasteiger partial charge in [-0.3, -0.25) is 9.98 Å². The van der Waals surface area contributed by atoms with Crippen LogP contribution < -0.4 is 0 Å². The zero-order valence-electron chi connectivity index (χ0n) is 8.65.